The van der Waals surface area contributed by atoms with Gasteiger partial charge in [0, 0.05) is 0 Å². The first-order chi connectivity index (χ1) is 4.50. The van der Waals surface area contributed by atoms with Crippen LogP contribution in [-0.2, 0) is 9.84 Å². The summed E-state index contributed by atoms with van der Waals surface area (Å²) in [6.45, 7) is 1.84. The summed E-state index contributed by atoms with van der Waals surface area (Å²) in [7, 11) is -3.07. The number of rotatable bonds is 4. The fourth-order valence-electron chi connectivity index (χ4n) is 0.447. The highest BCUT2D eigenvalue weighted by Crippen LogP contribution is 2.06. The molecule has 0 saturated carbocycles. The number of hydrogen-bond acceptors (Lipinski definition) is 3. The fraction of sp³-hybridized carbons (Fsp3) is 1.00. The molecule has 0 amide bonds. The van der Waals surface area contributed by atoms with Crippen LogP contribution in [0.1, 0.15) is 13.3 Å². The second kappa shape index (κ2) is 4.16. The first-order valence-electron chi connectivity index (χ1n) is 3.06. The molecular weight excluding hydrogens is 174 g/mol. The predicted octanol–water partition coefficient (Wildman–Crippen LogP) is 0.335. The predicted molar refractivity (Wildman–Crippen MR) is 42.8 cm³/mol. The maximum Gasteiger partial charge on any atom is 0.166 e. The third kappa shape index (κ3) is 3.39. The summed E-state index contributed by atoms with van der Waals surface area (Å²) in [6, 6.07) is 0. The summed E-state index contributed by atoms with van der Waals surface area (Å²) in [5, 5.41) is 0. The lowest BCUT2D eigenvalue weighted by atomic mass is 10.5. The molecule has 0 bridgehead atoms. The van der Waals surface area contributed by atoms with Crippen molar-refractivity contribution in [2.75, 3.05) is 12.3 Å². The van der Waals surface area contributed by atoms with Gasteiger partial charge in [-0.25, -0.2) is 8.42 Å². The van der Waals surface area contributed by atoms with Crippen molar-refractivity contribution in [2.24, 2.45) is 5.73 Å². The van der Waals surface area contributed by atoms with E-state index in [0.29, 0.717) is 13.0 Å². The van der Waals surface area contributed by atoms with Gasteiger partial charge < -0.3 is 5.73 Å². The van der Waals surface area contributed by atoms with Crippen LogP contribution in [0.4, 0.5) is 0 Å². The van der Waals surface area contributed by atoms with E-state index in [4.69, 9.17) is 17.3 Å². The first kappa shape index (κ1) is 10.2. The highest BCUT2D eigenvalue weighted by atomic mass is 35.5. The molecule has 5 heteroatoms. The number of hydrogen-bond donors (Lipinski definition) is 1. The third-order valence-corrected chi connectivity index (χ3v) is 3.79. The Labute approximate surface area is 66.5 Å². The molecule has 0 fully saturated rings. The van der Waals surface area contributed by atoms with Crippen LogP contribution in [0.25, 0.3) is 0 Å². The van der Waals surface area contributed by atoms with E-state index in [9.17, 15) is 8.42 Å². The lowest BCUT2D eigenvalue weighted by molar-refractivity contribution is 0.592. The number of nitrogens with two attached hydrogens (primary N) is 1. The molecule has 2 N–H and O–H groups in total. The summed E-state index contributed by atoms with van der Waals surface area (Å²) in [5.74, 6) is 0.0914. The molecule has 1 unspecified atom stereocenters. The van der Waals surface area contributed by atoms with Crippen LogP contribution < -0.4 is 5.73 Å². The molecule has 0 spiro atoms. The van der Waals surface area contributed by atoms with Crippen LogP contribution in [0.5, 0.6) is 0 Å². The fourth-order valence-corrected chi connectivity index (χ4v) is 1.61. The van der Waals surface area contributed by atoms with E-state index >= 15 is 0 Å². The number of alkyl halides is 1. The highest BCUT2D eigenvalue weighted by Gasteiger charge is 2.16. The molecule has 62 valence electrons. The number of sulfone groups is 1. The zero-order valence-electron chi connectivity index (χ0n) is 5.88. The van der Waals surface area contributed by atoms with Crippen molar-refractivity contribution in [3.63, 3.8) is 0 Å². The van der Waals surface area contributed by atoms with E-state index in [2.05, 4.69) is 0 Å². The molecule has 10 heavy (non-hydrogen) atoms. The third-order valence-electron chi connectivity index (χ3n) is 1.13. The largest absolute Gasteiger partial charge is 0.330 e. The Kier molecular flexibility index (Phi) is 4.24. The van der Waals surface area contributed by atoms with E-state index in [1.807, 2.05) is 0 Å². The van der Waals surface area contributed by atoms with Crippen LogP contribution in [0, 0.1) is 0 Å². The van der Waals surface area contributed by atoms with Gasteiger partial charge in [0.2, 0.25) is 0 Å². The van der Waals surface area contributed by atoms with Crippen LogP contribution in [0.3, 0.4) is 0 Å². The van der Waals surface area contributed by atoms with E-state index in [0.717, 1.165) is 0 Å². The summed E-state index contributed by atoms with van der Waals surface area (Å²) in [6.07, 6.45) is 0.486. The molecule has 0 rings (SSSR count). The normalized spacial score (nSPS) is 15.1. The van der Waals surface area contributed by atoms with Gasteiger partial charge in [-0.15, -0.1) is 11.6 Å². The smallest absolute Gasteiger partial charge is 0.166 e. The van der Waals surface area contributed by atoms with Gasteiger partial charge in [0.1, 0.15) is 4.71 Å². The average molecular weight is 186 g/mol. The second-order valence-electron chi connectivity index (χ2n) is 2.05. The van der Waals surface area contributed by atoms with E-state index in [1.165, 1.54) is 6.92 Å². The van der Waals surface area contributed by atoms with Crippen molar-refractivity contribution in [3.05, 3.63) is 0 Å². The lowest BCUT2D eigenvalue weighted by Crippen LogP contribution is -2.17. The van der Waals surface area contributed by atoms with E-state index in [-0.39, 0.29) is 5.75 Å². The minimum atomic E-state index is -3.07. The van der Waals surface area contributed by atoms with E-state index < -0.39 is 14.5 Å². The number of halogens is 1. The molecule has 1 atom stereocenters. The Balaban J connectivity index is 3.90. The van der Waals surface area contributed by atoms with Gasteiger partial charge in [0.15, 0.2) is 9.84 Å². The minimum Gasteiger partial charge on any atom is -0.330 e. The summed E-state index contributed by atoms with van der Waals surface area (Å²) >= 11 is 5.38. The van der Waals surface area contributed by atoms with Crippen LogP contribution in [0.15, 0.2) is 0 Å². The van der Waals surface area contributed by atoms with Crippen molar-refractivity contribution in [1.82, 2.24) is 0 Å². The van der Waals surface area contributed by atoms with Gasteiger partial charge in [-0.3, -0.25) is 0 Å². The lowest BCUT2D eigenvalue weighted by Gasteiger charge is -2.03. The Morgan fingerprint density at radius 2 is 2.10 bits per heavy atom. The molecule has 0 heterocycles. The Morgan fingerprint density at radius 1 is 1.60 bits per heavy atom. The monoisotopic (exact) mass is 185 g/mol. The molecule has 0 radical (unpaired) electrons. The van der Waals surface area contributed by atoms with Gasteiger partial charge >= 0.3 is 0 Å². The zero-order valence-corrected chi connectivity index (χ0v) is 7.45. The highest BCUT2D eigenvalue weighted by molar-refractivity contribution is 7.93. The van der Waals surface area contributed by atoms with Crippen LogP contribution in [0.2, 0.25) is 0 Å². The molecule has 0 aliphatic rings. The molecule has 0 aliphatic heterocycles. The Morgan fingerprint density at radius 3 is 2.40 bits per heavy atom. The molecule has 3 nitrogen and oxygen atoms in total. The maximum atomic E-state index is 10.9. The zero-order chi connectivity index (χ0) is 8.20. The molecular formula is C5H12ClNO2S. The van der Waals surface area contributed by atoms with Crippen LogP contribution >= 0.6 is 11.6 Å². The maximum absolute atomic E-state index is 10.9. The summed E-state index contributed by atoms with van der Waals surface area (Å²) in [4.78, 5) is 0. The standard InChI is InChI=1S/C5H12ClNO2S/c1-5(6)10(8,9)4-2-3-7/h5H,2-4,7H2,1H3. The molecule has 0 aromatic carbocycles. The van der Waals surface area contributed by atoms with Crippen molar-refractivity contribution < 1.29 is 8.42 Å². The van der Waals surface area contributed by atoms with E-state index in [1.54, 1.807) is 0 Å². The Hall–Kier alpha value is 0.200. The summed E-state index contributed by atoms with van der Waals surface area (Å²) < 4.78 is 21.0. The quantitative estimate of drug-likeness (QED) is 0.643. The SMILES string of the molecule is CC(Cl)S(=O)(=O)CCCN. The minimum absolute atomic E-state index is 0.0914. The van der Waals surface area contributed by atoms with Gasteiger partial charge in [0.25, 0.3) is 0 Å². The van der Waals surface area contributed by atoms with Gasteiger partial charge in [0.05, 0.1) is 5.75 Å². The molecule has 0 saturated heterocycles. The average Bonchev–Trinajstić information content (AvgIpc) is 1.84. The van der Waals surface area contributed by atoms with Crippen molar-refractivity contribution in [3.8, 4) is 0 Å². The molecule has 0 aromatic heterocycles. The second-order valence-corrected chi connectivity index (χ2v) is 5.41. The first-order valence-corrected chi connectivity index (χ1v) is 5.21. The summed E-state index contributed by atoms with van der Waals surface area (Å²) in [5.41, 5.74) is 5.13. The Bertz CT molecular complexity index is 176. The van der Waals surface area contributed by atoms with Gasteiger partial charge in [-0.05, 0) is 19.9 Å². The molecule has 0 aromatic rings. The van der Waals surface area contributed by atoms with Crippen molar-refractivity contribution in [2.45, 2.75) is 18.1 Å². The molecule has 0 aliphatic carbocycles. The van der Waals surface area contributed by atoms with Gasteiger partial charge in [-0.1, -0.05) is 0 Å². The van der Waals surface area contributed by atoms with Gasteiger partial charge in [-0.2, -0.15) is 0 Å². The topological polar surface area (TPSA) is 60.2 Å². The van der Waals surface area contributed by atoms with Crippen molar-refractivity contribution >= 4 is 21.4 Å². The van der Waals surface area contributed by atoms with Crippen molar-refractivity contribution in [1.29, 1.82) is 0 Å². The van der Waals surface area contributed by atoms with Crippen LogP contribution in [-0.4, -0.2) is 25.4 Å².